The zero-order valence-electron chi connectivity index (χ0n) is 25.9. The fourth-order valence-corrected chi connectivity index (χ4v) is 4.38. The number of nitrogens with one attached hydrogen (secondary N) is 2. The third-order valence-electron chi connectivity index (χ3n) is 6.98. The van der Waals surface area contributed by atoms with E-state index in [4.69, 9.17) is 14.2 Å². The van der Waals surface area contributed by atoms with Crippen LogP contribution in [0.1, 0.15) is 110 Å². The molecule has 0 aromatic carbocycles. The molecule has 10 nitrogen and oxygen atoms in total. The number of carboxylic acids is 1. The molecule has 0 aromatic rings. The van der Waals surface area contributed by atoms with Gasteiger partial charge in [0.05, 0.1) is 33.2 Å². The van der Waals surface area contributed by atoms with Gasteiger partial charge in [0.15, 0.2) is 0 Å². The van der Waals surface area contributed by atoms with Gasteiger partial charge in [-0.2, -0.15) is 0 Å². The first-order valence-corrected chi connectivity index (χ1v) is 15.6. The number of quaternary nitrogens is 1. The van der Waals surface area contributed by atoms with E-state index in [0.29, 0.717) is 13.1 Å². The molecule has 0 radical (unpaired) electrons. The minimum Gasteiger partial charge on any atom is -0.544 e. The third kappa shape index (κ3) is 26.2. The number of hydrogen-bond acceptors (Lipinski definition) is 7. The largest absolute Gasteiger partial charge is 0.544 e. The predicted molar refractivity (Wildman–Crippen MR) is 156 cm³/mol. The summed E-state index contributed by atoms with van der Waals surface area (Å²) in [6.45, 7) is 3.22. The summed E-state index contributed by atoms with van der Waals surface area (Å²) >= 11 is 0. The molecule has 0 saturated carbocycles. The van der Waals surface area contributed by atoms with Gasteiger partial charge in [0.2, 0.25) is 0 Å². The van der Waals surface area contributed by atoms with Gasteiger partial charge in [-0.15, -0.1) is 0 Å². The molecule has 1 unspecified atom stereocenters. The fraction of sp³-hybridized carbons (Fsp3) is 0.900. The monoisotopic (exact) mass is 573 g/mol. The average Bonchev–Trinajstić information content (AvgIpc) is 2.89. The van der Waals surface area contributed by atoms with E-state index in [2.05, 4.69) is 17.6 Å². The number of amides is 2. The van der Waals surface area contributed by atoms with Gasteiger partial charge >= 0.3 is 12.2 Å². The summed E-state index contributed by atoms with van der Waals surface area (Å²) in [6.07, 6.45) is 19.2. The van der Waals surface area contributed by atoms with Crippen LogP contribution in [0.15, 0.2) is 0 Å². The second kappa shape index (κ2) is 25.9. The number of carbonyl (C=O) groups excluding carboxylic acids is 3. The van der Waals surface area contributed by atoms with Crippen LogP contribution in [-0.2, 0) is 19.0 Å². The van der Waals surface area contributed by atoms with Gasteiger partial charge in [-0.1, -0.05) is 103 Å². The molecule has 0 fully saturated rings. The van der Waals surface area contributed by atoms with Crippen LogP contribution in [0.3, 0.4) is 0 Å². The van der Waals surface area contributed by atoms with Crippen molar-refractivity contribution in [2.24, 2.45) is 0 Å². The molecule has 0 rings (SSSR count). The Morgan fingerprint density at radius 1 is 0.675 bits per heavy atom. The topological polar surface area (TPSA) is 126 Å². The average molecular weight is 574 g/mol. The van der Waals surface area contributed by atoms with Gasteiger partial charge in [-0.3, -0.25) is 0 Å². The van der Waals surface area contributed by atoms with Gasteiger partial charge in [0, 0.05) is 13.7 Å². The van der Waals surface area contributed by atoms with Crippen molar-refractivity contribution in [3.8, 4) is 0 Å². The summed E-state index contributed by atoms with van der Waals surface area (Å²) in [5.41, 5.74) is 0. The van der Waals surface area contributed by atoms with Crippen molar-refractivity contribution in [3.05, 3.63) is 0 Å². The van der Waals surface area contributed by atoms with Crippen LogP contribution in [0.2, 0.25) is 0 Å². The Hall–Kier alpha value is -2.07. The van der Waals surface area contributed by atoms with Crippen molar-refractivity contribution >= 4 is 18.2 Å². The van der Waals surface area contributed by atoms with Crippen LogP contribution in [0.5, 0.6) is 0 Å². The molecule has 0 heterocycles. The number of methoxy groups -OCH3 is 1. The SMILES string of the molecule is CCCCCCCCCCCCCCCCCCNC(=O)OCC(COC(=O)NCC[N+](C)(C)CC(=O)[O-])OC. The Morgan fingerprint density at radius 2 is 1.07 bits per heavy atom. The molecular weight excluding hydrogens is 514 g/mol. The van der Waals surface area contributed by atoms with Crippen LogP contribution in [0, 0.1) is 0 Å². The van der Waals surface area contributed by atoms with Crippen molar-refractivity contribution in [3.63, 3.8) is 0 Å². The molecule has 40 heavy (non-hydrogen) atoms. The highest BCUT2D eigenvalue weighted by Gasteiger charge is 2.17. The van der Waals surface area contributed by atoms with Crippen molar-refractivity contribution in [2.75, 3.05) is 60.6 Å². The van der Waals surface area contributed by atoms with E-state index in [1.54, 1.807) is 14.1 Å². The molecular formula is C30H59N3O7. The molecule has 0 aromatic heterocycles. The van der Waals surface area contributed by atoms with Gasteiger partial charge in [-0.05, 0) is 6.42 Å². The quantitative estimate of drug-likeness (QED) is 0.109. The highest BCUT2D eigenvalue weighted by Crippen LogP contribution is 2.13. The number of nitrogens with zero attached hydrogens (tertiary/aromatic N) is 1. The Labute approximate surface area is 243 Å². The Kier molecular flexibility index (Phi) is 24.5. The number of alkyl carbamates (subject to hydrolysis) is 2. The number of unbranched alkanes of at least 4 members (excludes halogenated alkanes) is 15. The van der Waals surface area contributed by atoms with Crippen molar-refractivity contribution in [1.82, 2.24) is 10.6 Å². The minimum absolute atomic E-state index is 0.0376. The van der Waals surface area contributed by atoms with Crippen molar-refractivity contribution in [1.29, 1.82) is 0 Å². The number of carboxylic acid groups (broad SMARTS) is 1. The number of hydrogen-bond donors (Lipinski definition) is 2. The second-order valence-corrected chi connectivity index (χ2v) is 11.4. The molecule has 236 valence electrons. The lowest BCUT2D eigenvalue weighted by molar-refractivity contribution is -0.883. The molecule has 2 amide bonds. The maximum absolute atomic E-state index is 11.9. The first-order valence-electron chi connectivity index (χ1n) is 15.6. The lowest BCUT2D eigenvalue weighted by Crippen LogP contribution is -2.51. The van der Waals surface area contributed by atoms with E-state index >= 15 is 0 Å². The third-order valence-corrected chi connectivity index (χ3v) is 6.98. The summed E-state index contributed by atoms with van der Waals surface area (Å²) in [6, 6.07) is 0. The fourth-order valence-electron chi connectivity index (χ4n) is 4.38. The molecule has 2 N–H and O–H groups in total. The van der Waals surface area contributed by atoms with E-state index in [-0.39, 0.29) is 30.8 Å². The lowest BCUT2D eigenvalue weighted by atomic mass is 10.0. The maximum atomic E-state index is 11.9. The summed E-state index contributed by atoms with van der Waals surface area (Å²) in [7, 11) is 4.91. The molecule has 10 heteroatoms. The van der Waals surface area contributed by atoms with Crippen LogP contribution in [0.25, 0.3) is 0 Å². The summed E-state index contributed by atoms with van der Waals surface area (Å²) < 4.78 is 15.6. The van der Waals surface area contributed by atoms with E-state index in [1.807, 2.05) is 0 Å². The van der Waals surface area contributed by atoms with Gasteiger partial charge in [0.25, 0.3) is 0 Å². The normalized spacial score (nSPS) is 12.1. The number of carbonyl (C=O) groups is 3. The smallest absolute Gasteiger partial charge is 0.407 e. The zero-order chi connectivity index (χ0) is 29.9. The van der Waals surface area contributed by atoms with E-state index in [1.165, 1.54) is 97.0 Å². The highest BCUT2D eigenvalue weighted by atomic mass is 16.6. The first-order chi connectivity index (χ1) is 19.2. The number of aliphatic carboxylic acids is 1. The second-order valence-electron chi connectivity index (χ2n) is 11.4. The summed E-state index contributed by atoms with van der Waals surface area (Å²) in [4.78, 5) is 34.5. The molecule has 0 aliphatic heterocycles. The predicted octanol–water partition coefficient (Wildman–Crippen LogP) is 4.54. The maximum Gasteiger partial charge on any atom is 0.407 e. The van der Waals surface area contributed by atoms with Gasteiger partial charge in [-0.25, -0.2) is 9.59 Å². The van der Waals surface area contributed by atoms with Crippen LogP contribution >= 0.6 is 0 Å². The molecule has 0 spiro atoms. The Bertz CT molecular complexity index is 647. The molecule has 1 atom stereocenters. The highest BCUT2D eigenvalue weighted by molar-refractivity contribution is 5.67. The number of likely N-dealkylation sites (N-methyl/N-ethyl adjacent to an activating group) is 1. The van der Waals surface area contributed by atoms with E-state index in [9.17, 15) is 19.5 Å². The van der Waals surface area contributed by atoms with Crippen LogP contribution in [-0.4, -0.2) is 89.3 Å². The van der Waals surface area contributed by atoms with E-state index in [0.717, 1.165) is 12.8 Å². The molecule has 0 bridgehead atoms. The van der Waals surface area contributed by atoms with Crippen molar-refractivity contribution < 1.29 is 38.2 Å². The molecule has 0 aliphatic rings. The zero-order valence-corrected chi connectivity index (χ0v) is 25.9. The van der Waals surface area contributed by atoms with Gasteiger partial charge in [0.1, 0.15) is 25.9 Å². The Balaban J connectivity index is 3.60. The first kappa shape index (κ1) is 37.9. The number of ether oxygens (including phenoxy) is 3. The van der Waals surface area contributed by atoms with Crippen molar-refractivity contribution in [2.45, 2.75) is 116 Å². The van der Waals surface area contributed by atoms with Crippen LogP contribution < -0.4 is 15.7 Å². The van der Waals surface area contributed by atoms with E-state index < -0.39 is 24.3 Å². The van der Waals surface area contributed by atoms with Crippen LogP contribution in [0.4, 0.5) is 9.59 Å². The standard InChI is InChI=1S/C30H59N3O7/c1-5-6-7-8-9-10-11-12-13-14-15-16-17-18-19-20-21-31-29(36)39-25-27(38-4)26-40-30(37)32-22-23-33(2,3)24-28(34)35/h27H,5-26H2,1-4H3,(H2-,31,32,34,35,36,37). The number of rotatable bonds is 27. The van der Waals surface area contributed by atoms with Gasteiger partial charge < -0.3 is 39.2 Å². The molecule has 0 saturated heterocycles. The molecule has 0 aliphatic carbocycles. The Morgan fingerprint density at radius 3 is 1.48 bits per heavy atom. The lowest BCUT2D eigenvalue weighted by Gasteiger charge is -2.29. The minimum atomic E-state index is -1.15. The summed E-state index contributed by atoms with van der Waals surface area (Å²) in [5.74, 6) is -1.15. The summed E-state index contributed by atoms with van der Waals surface area (Å²) in [5, 5.41) is 16.0.